The molecule has 1 saturated carbocycles. The van der Waals surface area contributed by atoms with Gasteiger partial charge >= 0.3 is 0 Å². The minimum absolute atomic E-state index is 0.140. The smallest absolute Gasteiger partial charge is 0.237 e. The number of carbonyl (C=O) groups excluding carboxylic acids is 1. The lowest BCUT2D eigenvalue weighted by Crippen LogP contribution is -2.39. The number of likely N-dealkylation sites (N-methyl/N-ethyl adjacent to an activating group) is 1. The van der Waals surface area contributed by atoms with Gasteiger partial charge in [-0.3, -0.25) is 9.69 Å². The molecule has 3 rings (SSSR count). The van der Waals surface area contributed by atoms with Crippen molar-refractivity contribution in [3.63, 3.8) is 0 Å². The van der Waals surface area contributed by atoms with E-state index in [1.807, 2.05) is 60.2 Å². The maximum atomic E-state index is 12.7. The minimum Gasteiger partial charge on any atom is -0.464 e. The maximum Gasteiger partial charge on any atom is 0.237 e. The Balaban J connectivity index is 1.60. The van der Waals surface area contributed by atoms with E-state index in [0.29, 0.717) is 25.7 Å². The molecule has 0 N–H and O–H groups in total. The molecule has 1 aromatic carbocycles. The number of carbonyl (C=O) groups is 1. The van der Waals surface area contributed by atoms with Crippen molar-refractivity contribution in [1.29, 1.82) is 0 Å². The van der Waals surface area contributed by atoms with Gasteiger partial charge in [0.25, 0.3) is 0 Å². The molecule has 1 aliphatic rings. The average Bonchev–Trinajstić information content (AvgIpc) is 3.29. The van der Waals surface area contributed by atoms with Gasteiger partial charge in [0.05, 0.1) is 13.1 Å². The average molecular weight is 347 g/mol. The second-order valence-electron chi connectivity index (χ2n) is 6.53. The number of aryl methyl sites for hydroxylation is 1. The van der Waals surface area contributed by atoms with E-state index in [1.165, 1.54) is 0 Å². The molecule has 128 valence electrons. The quantitative estimate of drug-likeness (QED) is 0.763. The van der Waals surface area contributed by atoms with Crippen molar-refractivity contribution < 1.29 is 9.21 Å². The summed E-state index contributed by atoms with van der Waals surface area (Å²) >= 11 is 6.20. The van der Waals surface area contributed by atoms with E-state index in [9.17, 15) is 4.79 Å². The van der Waals surface area contributed by atoms with E-state index in [4.69, 9.17) is 16.0 Å². The first-order valence-electron chi connectivity index (χ1n) is 8.29. The molecule has 5 heteroatoms. The summed E-state index contributed by atoms with van der Waals surface area (Å²) in [5.41, 5.74) is 1.04. The lowest BCUT2D eigenvalue weighted by Gasteiger charge is -2.25. The molecule has 1 fully saturated rings. The first-order chi connectivity index (χ1) is 11.5. The number of amides is 1. The monoisotopic (exact) mass is 346 g/mol. The number of benzene rings is 1. The number of furan rings is 1. The third-order valence-electron chi connectivity index (χ3n) is 4.23. The Morgan fingerprint density at radius 3 is 2.58 bits per heavy atom. The van der Waals surface area contributed by atoms with Crippen LogP contribution < -0.4 is 0 Å². The fourth-order valence-electron chi connectivity index (χ4n) is 2.84. The van der Waals surface area contributed by atoms with Gasteiger partial charge < -0.3 is 9.32 Å². The van der Waals surface area contributed by atoms with Crippen LogP contribution in [0.2, 0.25) is 5.02 Å². The van der Waals surface area contributed by atoms with Gasteiger partial charge in [-0.25, -0.2) is 0 Å². The minimum atomic E-state index is 0.140. The van der Waals surface area contributed by atoms with Crippen LogP contribution in [0.4, 0.5) is 0 Å². The van der Waals surface area contributed by atoms with Gasteiger partial charge in [-0.05, 0) is 50.6 Å². The Kier molecular flexibility index (Phi) is 5.27. The molecule has 0 saturated heterocycles. The van der Waals surface area contributed by atoms with Crippen LogP contribution in [0.15, 0.2) is 40.8 Å². The maximum absolute atomic E-state index is 12.7. The van der Waals surface area contributed by atoms with E-state index in [0.717, 1.165) is 34.9 Å². The number of rotatable bonds is 7. The van der Waals surface area contributed by atoms with E-state index >= 15 is 0 Å². The van der Waals surface area contributed by atoms with Crippen LogP contribution in [0.1, 0.15) is 29.9 Å². The predicted octanol–water partition coefficient (Wildman–Crippen LogP) is 3.86. The number of hydrogen-bond donors (Lipinski definition) is 0. The summed E-state index contributed by atoms with van der Waals surface area (Å²) in [5, 5.41) is 0.738. The highest BCUT2D eigenvalue weighted by atomic mass is 35.5. The molecular weight excluding hydrogens is 324 g/mol. The van der Waals surface area contributed by atoms with Crippen LogP contribution in [-0.4, -0.2) is 35.3 Å². The van der Waals surface area contributed by atoms with Crippen LogP contribution in [0.5, 0.6) is 0 Å². The molecule has 2 aromatic rings. The molecule has 1 amide bonds. The molecular formula is C19H23ClN2O2. The Bertz CT molecular complexity index is 709. The molecule has 0 spiro atoms. The van der Waals surface area contributed by atoms with Crippen molar-refractivity contribution in [2.24, 2.45) is 0 Å². The summed E-state index contributed by atoms with van der Waals surface area (Å²) in [4.78, 5) is 16.7. The van der Waals surface area contributed by atoms with E-state index < -0.39 is 0 Å². The Hall–Kier alpha value is -1.78. The first kappa shape index (κ1) is 17.1. The van der Waals surface area contributed by atoms with Crippen molar-refractivity contribution in [2.45, 2.75) is 38.9 Å². The van der Waals surface area contributed by atoms with Gasteiger partial charge in [0.2, 0.25) is 5.91 Å². The summed E-state index contributed by atoms with van der Waals surface area (Å²) in [7, 11) is 1.95. The second kappa shape index (κ2) is 7.41. The van der Waals surface area contributed by atoms with Crippen molar-refractivity contribution in [3.8, 4) is 0 Å². The molecule has 1 aromatic heterocycles. The summed E-state index contributed by atoms with van der Waals surface area (Å²) in [6.07, 6.45) is 2.17. The fraction of sp³-hybridized carbons (Fsp3) is 0.421. The summed E-state index contributed by atoms with van der Waals surface area (Å²) in [5.74, 6) is 1.87. The summed E-state index contributed by atoms with van der Waals surface area (Å²) in [6.45, 7) is 3.51. The molecule has 0 bridgehead atoms. The highest BCUT2D eigenvalue weighted by Gasteiger charge is 2.33. The highest BCUT2D eigenvalue weighted by Crippen LogP contribution is 2.29. The zero-order valence-corrected chi connectivity index (χ0v) is 14.9. The van der Waals surface area contributed by atoms with Crippen LogP contribution in [0.3, 0.4) is 0 Å². The molecule has 4 nitrogen and oxygen atoms in total. The summed E-state index contributed by atoms with van der Waals surface area (Å²) in [6, 6.07) is 12.0. The van der Waals surface area contributed by atoms with Crippen molar-refractivity contribution in [2.75, 3.05) is 13.6 Å². The number of hydrogen-bond acceptors (Lipinski definition) is 3. The molecule has 0 radical (unpaired) electrons. The van der Waals surface area contributed by atoms with Crippen LogP contribution in [0.25, 0.3) is 0 Å². The van der Waals surface area contributed by atoms with Crippen molar-refractivity contribution in [3.05, 3.63) is 58.5 Å². The van der Waals surface area contributed by atoms with Gasteiger partial charge in [-0.15, -0.1) is 0 Å². The number of halogens is 1. The lowest BCUT2D eigenvalue weighted by molar-refractivity contribution is -0.133. The van der Waals surface area contributed by atoms with Gasteiger partial charge in [0, 0.05) is 17.6 Å². The molecule has 0 atom stereocenters. The van der Waals surface area contributed by atoms with E-state index in [-0.39, 0.29) is 5.91 Å². The van der Waals surface area contributed by atoms with Gasteiger partial charge in [-0.1, -0.05) is 29.8 Å². The van der Waals surface area contributed by atoms with E-state index in [2.05, 4.69) is 0 Å². The zero-order valence-electron chi connectivity index (χ0n) is 14.2. The third kappa shape index (κ3) is 4.40. The molecule has 0 aliphatic heterocycles. The van der Waals surface area contributed by atoms with Crippen molar-refractivity contribution >= 4 is 17.5 Å². The highest BCUT2D eigenvalue weighted by molar-refractivity contribution is 6.31. The van der Waals surface area contributed by atoms with Crippen LogP contribution in [0, 0.1) is 6.92 Å². The SMILES string of the molecule is Cc1ccc(CN(C(=O)CN(C)Cc2ccccc2Cl)C2CC2)o1. The molecule has 1 heterocycles. The first-order valence-corrected chi connectivity index (χ1v) is 8.67. The molecule has 24 heavy (non-hydrogen) atoms. The normalized spacial score (nSPS) is 14.2. The Morgan fingerprint density at radius 1 is 1.21 bits per heavy atom. The topological polar surface area (TPSA) is 36.7 Å². The van der Waals surface area contributed by atoms with Gasteiger partial charge in [-0.2, -0.15) is 0 Å². The number of nitrogens with zero attached hydrogens (tertiary/aromatic N) is 2. The van der Waals surface area contributed by atoms with Gasteiger partial charge in [0.15, 0.2) is 0 Å². The van der Waals surface area contributed by atoms with E-state index in [1.54, 1.807) is 0 Å². The van der Waals surface area contributed by atoms with Crippen LogP contribution >= 0.6 is 11.6 Å². The largest absolute Gasteiger partial charge is 0.464 e. The zero-order chi connectivity index (χ0) is 17.1. The molecule has 0 unspecified atom stereocenters. The third-order valence-corrected chi connectivity index (χ3v) is 4.60. The Labute approximate surface area is 148 Å². The standard InChI is InChI=1S/C19H23ClN2O2/c1-14-7-10-17(24-14)12-22(16-8-9-16)19(23)13-21(2)11-15-5-3-4-6-18(15)20/h3-7,10,16H,8-9,11-13H2,1-2H3. The van der Waals surface area contributed by atoms with Crippen molar-refractivity contribution in [1.82, 2.24) is 9.80 Å². The summed E-state index contributed by atoms with van der Waals surface area (Å²) < 4.78 is 5.63. The molecule has 1 aliphatic carbocycles. The van der Waals surface area contributed by atoms with Crippen LogP contribution in [-0.2, 0) is 17.9 Å². The van der Waals surface area contributed by atoms with Gasteiger partial charge in [0.1, 0.15) is 11.5 Å². The second-order valence-corrected chi connectivity index (χ2v) is 6.94. The predicted molar refractivity (Wildman–Crippen MR) is 94.8 cm³/mol. The lowest BCUT2D eigenvalue weighted by atomic mass is 10.2. The Morgan fingerprint density at radius 2 is 1.96 bits per heavy atom. The fourth-order valence-corrected chi connectivity index (χ4v) is 3.04.